The molecule has 0 aliphatic heterocycles. The molecule has 0 aliphatic rings. The van der Waals surface area contributed by atoms with Crippen LogP contribution < -0.4 is 19.5 Å². The Morgan fingerprint density at radius 3 is 2.63 bits per heavy atom. The van der Waals surface area contributed by atoms with E-state index in [1.54, 1.807) is 18.2 Å². The fraction of sp³-hybridized carbons (Fsp3) is 0.143. The molecule has 1 aromatic heterocycles. The van der Waals surface area contributed by atoms with Gasteiger partial charge in [-0.25, -0.2) is 0 Å². The van der Waals surface area contributed by atoms with Crippen molar-refractivity contribution in [3.05, 3.63) is 49.4 Å². The molecule has 19 heavy (non-hydrogen) atoms. The van der Waals surface area contributed by atoms with E-state index < -0.39 is 0 Å². The zero-order chi connectivity index (χ0) is 13.8. The third-order valence-electron chi connectivity index (χ3n) is 2.33. The molecule has 0 radical (unpaired) electrons. The van der Waals surface area contributed by atoms with E-state index in [1.165, 1.54) is 18.3 Å². The number of ketones is 1. The van der Waals surface area contributed by atoms with E-state index in [4.69, 9.17) is 4.74 Å². The predicted octanol–water partition coefficient (Wildman–Crippen LogP) is 0.643. The number of aromatic amines is 1. The molecule has 0 spiro atoms. The van der Waals surface area contributed by atoms with E-state index in [0.29, 0.717) is 14.9 Å². The molecule has 2 rings (SSSR count). The molecule has 0 aliphatic carbocycles. The van der Waals surface area contributed by atoms with Crippen LogP contribution in [0.2, 0.25) is 0 Å². The Balaban J connectivity index is 2.22. The molecular weight excluding hydrogens is 262 g/mol. The smallest absolute Gasteiger partial charge is 0.266 e. The minimum Gasteiger partial charge on any atom is -0.486 e. The number of hydrogen-bond donors (Lipinski definition) is 1. The average Bonchev–Trinajstić information content (AvgIpc) is 2.67. The topological polar surface area (TPSA) is 59.2 Å². The lowest BCUT2D eigenvalue weighted by Crippen LogP contribution is -2.19. The van der Waals surface area contributed by atoms with Gasteiger partial charge in [0.2, 0.25) is 0 Å². The van der Waals surface area contributed by atoms with E-state index in [9.17, 15) is 9.59 Å². The molecule has 0 saturated heterocycles. The molecule has 1 aromatic carbocycles. The van der Waals surface area contributed by atoms with Gasteiger partial charge >= 0.3 is 0 Å². The Morgan fingerprint density at radius 2 is 2.11 bits per heavy atom. The number of carbonyl (C=O) groups is 1. The van der Waals surface area contributed by atoms with Crippen molar-refractivity contribution in [2.45, 2.75) is 6.92 Å². The summed E-state index contributed by atoms with van der Waals surface area (Å²) >= 11 is 1.32. The number of nitrogens with one attached hydrogen (secondary N) is 1. The quantitative estimate of drug-likeness (QED) is 0.891. The third kappa shape index (κ3) is 3.66. The van der Waals surface area contributed by atoms with Crippen LogP contribution in [0, 0.1) is 0 Å². The zero-order valence-electron chi connectivity index (χ0n) is 10.4. The Labute approximate surface area is 113 Å². The van der Waals surface area contributed by atoms with E-state index >= 15 is 0 Å². The van der Waals surface area contributed by atoms with Crippen LogP contribution in [0.4, 0.5) is 0 Å². The molecule has 4 nitrogen and oxygen atoms in total. The van der Waals surface area contributed by atoms with Crippen LogP contribution in [0.25, 0.3) is 12.7 Å². The van der Waals surface area contributed by atoms with Gasteiger partial charge in [-0.15, -0.1) is 11.3 Å². The van der Waals surface area contributed by atoms with Gasteiger partial charge in [-0.1, -0.05) is 18.7 Å². The second kappa shape index (κ2) is 5.67. The van der Waals surface area contributed by atoms with E-state index in [2.05, 4.69) is 11.6 Å². The number of benzene rings is 1. The number of carbonyl (C=O) groups excluding carboxylic acids is 1. The first-order chi connectivity index (χ1) is 9.04. The van der Waals surface area contributed by atoms with Crippen LogP contribution in [0.1, 0.15) is 12.5 Å². The van der Waals surface area contributed by atoms with Gasteiger partial charge in [0.1, 0.15) is 12.4 Å². The SMILES string of the molecule is C=c1[nH]c(=O)/c(=C/c2ccc(OCC(C)=O)cc2)s1. The highest BCUT2D eigenvalue weighted by atomic mass is 32.1. The van der Waals surface area contributed by atoms with Crippen molar-refractivity contribution in [2.24, 2.45) is 0 Å². The number of aromatic nitrogens is 1. The Morgan fingerprint density at radius 1 is 1.42 bits per heavy atom. The van der Waals surface area contributed by atoms with Gasteiger partial charge in [0.25, 0.3) is 5.56 Å². The molecule has 98 valence electrons. The fourth-order valence-electron chi connectivity index (χ4n) is 1.48. The molecule has 0 unspecified atom stereocenters. The number of hydrogen-bond acceptors (Lipinski definition) is 4. The maximum Gasteiger partial charge on any atom is 0.266 e. The van der Waals surface area contributed by atoms with Crippen LogP contribution in [-0.2, 0) is 4.79 Å². The van der Waals surface area contributed by atoms with Gasteiger partial charge in [0.05, 0.1) is 9.20 Å². The minimum atomic E-state index is -0.132. The average molecular weight is 275 g/mol. The third-order valence-corrected chi connectivity index (χ3v) is 3.20. The van der Waals surface area contributed by atoms with Crippen LogP contribution in [0.3, 0.4) is 0 Å². The van der Waals surface area contributed by atoms with Crippen molar-refractivity contribution in [3.63, 3.8) is 0 Å². The second-order valence-electron chi connectivity index (χ2n) is 4.05. The number of H-pyrrole nitrogens is 1. The number of thiazole rings is 1. The molecule has 1 N–H and O–H groups in total. The molecule has 0 amide bonds. The Hall–Kier alpha value is -2.14. The van der Waals surface area contributed by atoms with Crippen LogP contribution >= 0.6 is 11.3 Å². The van der Waals surface area contributed by atoms with Crippen LogP contribution in [-0.4, -0.2) is 17.4 Å². The summed E-state index contributed by atoms with van der Waals surface area (Å²) in [5, 5.41) is 0. The van der Waals surface area contributed by atoms with E-state index in [-0.39, 0.29) is 17.9 Å². The van der Waals surface area contributed by atoms with Crippen molar-refractivity contribution in [1.82, 2.24) is 4.98 Å². The van der Waals surface area contributed by atoms with Gasteiger partial charge in [-0.3, -0.25) is 9.59 Å². The first kappa shape index (κ1) is 13.3. The van der Waals surface area contributed by atoms with Crippen LogP contribution in [0.15, 0.2) is 29.1 Å². The summed E-state index contributed by atoms with van der Waals surface area (Å²) < 4.78 is 6.51. The zero-order valence-corrected chi connectivity index (χ0v) is 11.3. The summed E-state index contributed by atoms with van der Waals surface area (Å²) in [6, 6.07) is 7.19. The fourth-order valence-corrected chi connectivity index (χ4v) is 2.23. The molecular formula is C14H13NO3S. The van der Waals surface area contributed by atoms with Gasteiger partial charge in [-0.2, -0.15) is 0 Å². The van der Waals surface area contributed by atoms with Gasteiger partial charge < -0.3 is 9.72 Å². The van der Waals surface area contributed by atoms with Gasteiger partial charge in [0, 0.05) is 0 Å². The number of ether oxygens (including phenoxy) is 1. The molecule has 0 saturated carbocycles. The highest BCUT2D eigenvalue weighted by molar-refractivity contribution is 7.07. The molecule has 1 heterocycles. The molecule has 2 aromatic rings. The molecule has 0 fully saturated rings. The highest BCUT2D eigenvalue weighted by Gasteiger charge is 1.97. The van der Waals surface area contributed by atoms with Crippen molar-refractivity contribution < 1.29 is 9.53 Å². The lowest BCUT2D eigenvalue weighted by Gasteiger charge is -2.03. The maximum atomic E-state index is 11.5. The predicted molar refractivity (Wildman–Crippen MR) is 75.9 cm³/mol. The van der Waals surface area contributed by atoms with Crippen molar-refractivity contribution in [3.8, 4) is 5.75 Å². The lowest BCUT2D eigenvalue weighted by atomic mass is 10.2. The summed E-state index contributed by atoms with van der Waals surface area (Å²) in [5.41, 5.74) is 0.759. The van der Waals surface area contributed by atoms with E-state index in [1.807, 2.05) is 12.1 Å². The second-order valence-corrected chi connectivity index (χ2v) is 5.18. The van der Waals surface area contributed by atoms with Gasteiger partial charge in [-0.05, 0) is 30.7 Å². The summed E-state index contributed by atoms with van der Waals surface area (Å²) in [6.45, 7) is 5.23. The molecule has 0 bridgehead atoms. The summed E-state index contributed by atoms with van der Waals surface area (Å²) in [7, 11) is 0. The van der Waals surface area contributed by atoms with Crippen molar-refractivity contribution in [1.29, 1.82) is 0 Å². The normalized spacial score (nSPS) is 11.5. The van der Waals surface area contributed by atoms with E-state index in [0.717, 1.165) is 5.56 Å². The van der Waals surface area contributed by atoms with Crippen molar-refractivity contribution >= 4 is 29.8 Å². The minimum absolute atomic E-state index is 0.0243. The first-order valence-corrected chi connectivity index (χ1v) is 6.48. The van der Waals surface area contributed by atoms with Crippen molar-refractivity contribution in [2.75, 3.05) is 6.61 Å². The monoisotopic (exact) mass is 275 g/mol. The molecule has 0 atom stereocenters. The van der Waals surface area contributed by atoms with Gasteiger partial charge in [0.15, 0.2) is 5.78 Å². The largest absolute Gasteiger partial charge is 0.486 e. The number of rotatable bonds is 4. The summed E-state index contributed by atoms with van der Waals surface area (Å²) in [4.78, 5) is 24.9. The molecule has 5 heteroatoms. The lowest BCUT2D eigenvalue weighted by molar-refractivity contribution is -0.118. The summed E-state index contributed by atoms with van der Waals surface area (Å²) in [5.74, 6) is 0.606. The standard InChI is InChI=1S/C14H13NO3S/c1-9(16)8-18-12-5-3-11(4-6-12)7-13-14(17)15-10(2)19-13/h3-7H,2,8H2,1H3,(H,15,17)/b13-7-. The highest BCUT2D eigenvalue weighted by Crippen LogP contribution is 2.12. The number of Topliss-reactive ketones (excluding diaryl/α,β-unsaturated/α-hetero) is 1. The summed E-state index contributed by atoms with van der Waals surface area (Å²) in [6.07, 6.45) is 1.78. The first-order valence-electron chi connectivity index (χ1n) is 5.67. The Bertz CT molecular complexity index is 740. The van der Waals surface area contributed by atoms with Crippen LogP contribution in [0.5, 0.6) is 5.75 Å². The maximum absolute atomic E-state index is 11.5. The Kier molecular flexibility index (Phi) is 3.97.